The molecule has 0 spiro atoms. The molecule has 0 bridgehead atoms. The van der Waals surface area contributed by atoms with Gasteiger partial charge in [0.15, 0.2) is 9.84 Å². The number of nitrogens with two attached hydrogens (primary N) is 1. The minimum atomic E-state index is -3.41. The summed E-state index contributed by atoms with van der Waals surface area (Å²) in [4.78, 5) is 0.253. The smallest absolute Gasteiger partial charge is 0.203 e. The SMILES string of the molecule is Nc1nnc(-c2ccc(CS(=O)(=O)c3ccc(Cl)cc3)cc2)s1. The Kier molecular flexibility index (Phi) is 4.34. The third-order valence-corrected chi connectivity index (χ3v) is 5.93. The number of rotatable bonds is 4. The zero-order chi connectivity index (χ0) is 16.4. The highest BCUT2D eigenvalue weighted by Gasteiger charge is 2.15. The van der Waals surface area contributed by atoms with E-state index < -0.39 is 9.84 Å². The third-order valence-electron chi connectivity index (χ3n) is 3.17. The summed E-state index contributed by atoms with van der Waals surface area (Å²) in [6.07, 6.45) is 0. The fourth-order valence-electron chi connectivity index (χ4n) is 2.04. The van der Waals surface area contributed by atoms with Crippen LogP contribution in [0.3, 0.4) is 0 Å². The van der Waals surface area contributed by atoms with E-state index in [1.165, 1.54) is 23.5 Å². The van der Waals surface area contributed by atoms with Gasteiger partial charge in [-0.1, -0.05) is 47.2 Å². The molecule has 3 aromatic rings. The molecule has 0 radical (unpaired) electrons. The summed E-state index contributed by atoms with van der Waals surface area (Å²) in [6, 6.07) is 13.3. The Morgan fingerprint density at radius 1 is 1.00 bits per heavy atom. The molecule has 0 saturated heterocycles. The zero-order valence-electron chi connectivity index (χ0n) is 11.8. The first-order valence-corrected chi connectivity index (χ1v) is 9.45. The van der Waals surface area contributed by atoms with Gasteiger partial charge in [-0.05, 0) is 29.8 Å². The maximum atomic E-state index is 12.4. The average Bonchev–Trinajstić information content (AvgIpc) is 2.95. The molecule has 1 heterocycles. The van der Waals surface area contributed by atoms with Crippen LogP contribution in [0.1, 0.15) is 5.56 Å². The van der Waals surface area contributed by atoms with Crippen molar-refractivity contribution in [3.63, 3.8) is 0 Å². The van der Waals surface area contributed by atoms with Crippen molar-refractivity contribution < 1.29 is 8.42 Å². The van der Waals surface area contributed by atoms with E-state index in [0.29, 0.717) is 20.7 Å². The van der Waals surface area contributed by atoms with Gasteiger partial charge in [0.2, 0.25) is 5.13 Å². The predicted octanol–water partition coefficient (Wildman–Crippen LogP) is 3.41. The molecule has 0 aliphatic rings. The number of hydrogen-bond donors (Lipinski definition) is 1. The number of halogens is 1. The van der Waals surface area contributed by atoms with E-state index in [2.05, 4.69) is 10.2 Å². The largest absolute Gasteiger partial charge is 0.374 e. The van der Waals surface area contributed by atoms with Crippen LogP contribution in [0.5, 0.6) is 0 Å². The summed E-state index contributed by atoms with van der Waals surface area (Å²) in [5.74, 6) is -0.0762. The molecule has 0 aliphatic carbocycles. The average molecular weight is 366 g/mol. The molecular formula is C15H12ClN3O2S2. The lowest BCUT2D eigenvalue weighted by atomic mass is 10.2. The molecule has 0 amide bonds. The summed E-state index contributed by atoms with van der Waals surface area (Å²) in [5, 5.41) is 9.33. The van der Waals surface area contributed by atoms with Crippen LogP contribution in [-0.4, -0.2) is 18.6 Å². The first kappa shape index (κ1) is 15.9. The summed E-state index contributed by atoms with van der Waals surface area (Å²) < 4.78 is 24.8. The van der Waals surface area contributed by atoms with Crippen LogP contribution in [0.15, 0.2) is 53.4 Å². The van der Waals surface area contributed by atoms with Crippen molar-refractivity contribution in [3.8, 4) is 10.6 Å². The highest BCUT2D eigenvalue weighted by molar-refractivity contribution is 7.90. The second-order valence-electron chi connectivity index (χ2n) is 4.86. The van der Waals surface area contributed by atoms with E-state index >= 15 is 0 Å². The van der Waals surface area contributed by atoms with Gasteiger partial charge in [-0.25, -0.2) is 8.42 Å². The molecular weight excluding hydrogens is 354 g/mol. The van der Waals surface area contributed by atoms with Crippen molar-refractivity contribution in [1.82, 2.24) is 10.2 Å². The fourth-order valence-corrected chi connectivity index (χ4v) is 4.13. The Morgan fingerprint density at radius 3 is 2.22 bits per heavy atom. The van der Waals surface area contributed by atoms with Crippen LogP contribution < -0.4 is 5.73 Å². The van der Waals surface area contributed by atoms with Crippen LogP contribution in [0, 0.1) is 0 Å². The summed E-state index contributed by atoms with van der Waals surface area (Å²) >= 11 is 7.07. The molecule has 0 atom stereocenters. The van der Waals surface area contributed by atoms with Gasteiger partial charge in [0, 0.05) is 10.6 Å². The molecule has 2 aromatic carbocycles. The molecule has 5 nitrogen and oxygen atoms in total. The fraction of sp³-hybridized carbons (Fsp3) is 0.0667. The Morgan fingerprint density at radius 2 is 1.65 bits per heavy atom. The van der Waals surface area contributed by atoms with Gasteiger partial charge in [0.05, 0.1) is 10.6 Å². The number of nitrogen functional groups attached to an aromatic ring is 1. The van der Waals surface area contributed by atoms with Crippen LogP contribution in [0.2, 0.25) is 5.02 Å². The first-order chi connectivity index (χ1) is 10.9. The minimum absolute atomic E-state index is 0.0762. The molecule has 118 valence electrons. The second-order valence-corrected chi connectivity index (χ2v) is 8.29. The van der Waals surface area contributed by atoms with Crippen molar-refractivity contribution in [3.05, 3.63) is 59.1 Å². The van der Waals surface area contributed by atoms with Crippen molar-refractivity contribution in [2.75, 3.05) is 5.73 Å². The Bertz CT molecular complexity index is 920. The Labute approximate surface area is 142 Å². The lowest BCUT2D eigenvalue weighted by Crippen LogP contribution is -2.04. The highest BCUT2D eigenvalue weighted by atomic mass is 35.5. The Balaban J connectivity index is 1.81. The summed E-state index contributed by atoms with van der Waals surface area (Å²) in [5.41, 5.74) is 7.11. The number of nitrogens with zero attached hydrogens (tertiary/aromatic N) is 2. The van der Waals surface area contributed by atoms with Gasteiger partial charge < -0.3 is 5.73 Å². The van der Waals surface area contributed by atoms with Gasteiger partial charge in [0.25, 0.3) is 0 Å². The molecule has 8 heteroatoms. The van der Waals surface area contributed by atoms with Gasteiger partial charge in [-0.15, -0.1) is 10.2 Å². The normalized spacial score (nSPS) is 11.5. The second kappa shape index (κ2) is 6.27. The summed E-state index contributed by atoms with van der Waals surface area (Å²) in [6.45, 7) is 0. The van der Waals surface area contributed by atoms with Crippen LogP contribution in [0.4, 0.5) is 5.13 Å². The van der Waals surface area contributed by atoms with E-state index in [0.717, 1.165) is 5.56 Å². The molecule has 1 aromatic heterocycles. The lowest BCUT2D eigenvalue weighted by Gasteiger charge is -2.05. The number of hydrogen-bond acceptors (Lipinski definition) is 6. The number of benzene rings is 2. The van der Waals surface area contributed by atoms with Crippen molar-refractivity contribution in [2.45, 2.75) is 10.6 Å². The standard InChI is InChI=1S/C15H12ClN3O2S2/c16-12-5-7-13(8-6-12)23(20,21)9-10-1-3-11(4-2-10)14-18-19-15(17)22-14/h1-8H,9H2,(H2,17,19). The van der Waals surface area contributed by atoms with E-state index in [1.54, 1.807) is 24.3 Å². The maximum absolute atomic E-state index is 12.4. The molecule has 0 fully saturated rings. The van der Waals surface area contributed by atoms with Gasteiger partial charge in [0.1, 0.15) is 5.01 Å². The maximum Gasteiger partial charge on any atom is 0.203 e. The molecule has 0 unspecified atom stereocenters. The quantitative estimate of drug-likeness (QED) is 0.765. The van der Waals surface area contributed by atoms with E-state index in [-0.39, 0.29) is 10.6 Å². The van der Waals surface area contributed by atoms with Crippen LogP contribution >= 0.6 is 22.9 Å². The van der Waals surface area contributed by atoms with Gasteiger partial charge >= 0.3 is 0 Å². The van der Waals surface area contributed by atoms with Gasteiger partial charge in [-0.3, -0.25) is 0 Å². The molecule has 0 saturated carbocycles. The van der Waals surface area contributed by atoms with Crippen molar-refractivity contribution in [1.29, 1.82) is 0 Å². The van der Waals surface area contributed by atoms with Crippen molar-refractivity contribution in [2.24, 2.45) is 0 Å². The van der Waals surface area contributed by atoms with Gasteiger partial charge in [-0.2, -0.15) is 0 Å². The topological polar surface area (TPSA) is 85.9 Å². The zero-order valence-corrected chi connectivity index (χ0v) is 14.2. The minimum Gasteiger partial charge on any atom is -0.374 e. The predicted molar refractivity (Wildman–Crippen MR) is 92.1 cm³/mol. The first-order valence-electron chi connectivity index (χ1n) is 6.61. The lowest BCUT2D eigenvalue weighted by molar-refractivity contribution is 0.595. The number of aromatic nitrogens is 2. The van der Waals surface area contributed by atoms with E-state index in [1.807, 2.05) is 12.1 Å². The number of anilines is 1. The Hall–Kier alpha value is -1.96. The van der Waals surface area contributed by atoms with E-state index in [9.17, 15) is 8.42 Å². The summed E-state index contributed by atoms with van der Waals surface area (Å²) in [7, 11) is -3.41. The molecule has 3 rings (SSSR count). The van der Waals surface area contributed by atoms with Crippen molar-refractivity contribution >= 4 is 37.9 Å². The highest BCUT2D eigenvalue weighted by Crippen LogP contribution is 2.26. The number of sulfone groups is 1. The third kappa shape index (κ3) is 3.69. The van der Waals surface area contributed by atoms with Crippen LogP contribution in [-0.2, 0) is 15.6 Å². The monoisotopic (exact) mass is 365 g/mol. The molecule has 0 aliphatic heterocycles. The molecule has 23 heavy (non-hydrogen) atoms. The molecule has 2 N–H and O–H groups in total. The van der Waals surface area contributed by atoms with Crippen LogP contribution in [0.25, 0.3) is 10.6 Å². The van der Waals surface area contributed by atoms with E-state index in [4.69, 9.17) is 17.3 Å².